The molecule has 0 N–H and O–H groups in total. The van der Waals surface area contributed by atoms with Gasteiger partial charge >= 0.3 is 0 Å². The van der Waals surface area contributed by atoms with Crippen LogP contribution >= 0.6 is 0 Å². The Morgan fingerprint density at radius 1 is 1.10 bits per heavy atom. The molecule has 0 bridgehead atoms. The number of rotatable bonds is 5. The molecule has 1 saturated heterocycles. The van der Waals surface area contributed by atoms with Gasteiger partial charge in [0.2, 0.25) is 5.89 Å². The summed E-state index contributed by atoms with van der Waals surface area (Å²) < 4.78 is 7.52. The summed E-state index contributed by atoms with van der Waals surface area (Å²) in [6.07, 6.45) is 6.53. The summed E-state index contributed by atoms with van der Waals surface area (Å²) in [6, 6.07) is 8.08. The highest BCUT2D eigenvalue weighted by Gasteiger charge is 2.34. The predicted octanol–water partition coefficient (Wildman–Crippen LogP) is 4.36. The van der Waals surface area contributed by atoms with Crippen LogP contribution in [0.2, 0.25) is 0 Å². The van der Waals surface area contributed by atoms with Crippen molar-refractivity contribution in [3.8, 4) is 0 Å². The molecule has 7 nitrogen and oxygen atoms in total. The highest BCUT2D eigenvalue weighted by atomic mass is 16.5. The van der Waals surface area contributed by atoms with Gasteiger partial charge in [0, 0.05) is 12.0 Å². The van der Waals surface area contributed by atoms with E-state index < -0.39 is 0 Å². The van der Waals surface area contributed by atoms with Crippen LogP contribution in [0, 0.1) is 0 Å². The first-order valence-corrected chi connectivity index (χ1v) is 11.2. The predicted molar refractivity (Wildman–Crippen MR) is 114 cm³/mol. The zero-order valence-electron chi connectivity index (χ0n) is 17.8. The summed E-state index contributed by atoms with van der Waals surface area (Å²) in [4.78, 5) is 25.4. The minimum atomic E-state index is 0.0947. The molecular formula is C23H29N5O2. The van der Waals surface area contributed by atoms with Gasteiger partial charge in [-0.15, -0.1) is 0 Å². The number of hydrogen-bond acceptors (Lipinski definition) is 6. The van der Waals surface area contributed by atoms with Gasteiger partial charge in [0.05, 0.1) is 23.5 Å². The lowest BCUT2D eigenvalue weighted by atomic mass is 10.1. The zero-order chi connectivity index (χ0) is 20.7. The van der Waals surface area contributed by atoms with E-state index >= 15 is 0 Å². The van der Waals surface area contributed by atoms with Gasteiger partial charge in [-0.25, -0.2) is 4.98 Å². The molecule has 158 valence electrons. The van der Waals surface area contributed by atoms with Crippen molar-refractivity contribution in [3.05, 3.63) is 52.2 Å². The molecule has 7 heteroatoms. The first-order chi connectivity index (χ1) is 14.6. The van der Waals surface area contributed by atoms with Gasteiger partial charge in [0.1, 0.15) is 5.82 Å². The van der Waals surface area contributed by atoms with Gasteiger partial charge in [0.15, 0.2) is 5.82 Å². The van der Waals surface area contributed by atoms with E-state index in [4.69, 9.17) is 9.51 Å². The SMILES string of the molecule is CC(C)c1noc(CN2CCCC2c2nc3ccccc3c(=O)n2C2CCCC2)n1. The van der Waals surface area contributed by atoms with E-state index in [2.05, 4.69) is 28.9 Å². The third kappa shape index (κ3) is 3.45. The lowest BCUT2D eigenvalue weighted by Crippen LogP contribution is -2.33. The third-order valence-electron chi connectivity index (χ3n) is 6.53. The number of fused-ring (bicyclic) bond motifs is 1. The molecule has 3 aromatic rings. The maximum atomic E-state index is 13.5. The number of likely N-dealkylation sites (tertiary alicyclic amines) is 1. The normalized spacial score (nSPS) is 20.7. The fourth-order valence-corrected chi connectivity index (χ4v) is 4.96. The topological polar surface area (TPSA) is 77.0 Å². The number of nitrogens with zero attached hydrogens (tertiary/aromatic N) is 5. The van der Waals surface area contributed by atoms with E-state index in [9.17, 15) is 4.79 Å². The van der Waals surface area contributed by atoms with Crippen LogP contribution in [0.15, 0.2) is 33.6 Å². The van der Waals surface area contributed by atoms with Crippen LogP contribution in [0.25, 0.3) is 10.9 Å². The summed E-state index contributed by atoms with van der Waals surface area (Å²) in [7, 11) is 0. The number of benzene rings is 1. The van der Waals surface area contributed by atoms with Crippen molar-refractivity contribution in [2.24, 2.45) is 0 Å². The Balaban J connectivity index is 1.54. The van der Waals surface area contributed by atoms with Gasteiger partial charge in [-0.2, -0.15) is 4.98 Å². The summed E-state index contributed by atoms with van der Waals surface area (Å²) >= 11 is 0. The molecule has 1 aliphatic carbocycles. The first-order valence-electron chi connectivity index (χ1n) is 11.2. The van der Waals surface area contributed by atoms with Crippen molar-refractivity contribution in [2.45, 2.75) is 76.9 Å². The molecule has 1 unspecified atom stereocenters. The average Bonchev–Trinajstić information content (AvgIpc) is 3.50. The number of hydrogen-bond donors (Lipinski definition) is 0. The molecule has 30 heavy (non-hydrogen) atoms. The lowest BCUT2D eigenvalue weighted by Gasteiger charge is -2.27. The van der Waals surface area contributed by atoms with Gasteiger partial charge in [0.25, 0.3) is 5.56 Å². The van der Waals surface area contributed by atoms with Crippen LogP contribution in [0.5, 0.6) is 0 Å². The first kappa shape index (κ1) is 19.4. The fraction of sp³-hybridized carbons (Fsp3) is 0.565. The van der Waals surface area contributed by atoms with E-state index in [1.54, 1.807) is 0 Å². The molecule has 2 fully saturated rings. The van der Waals surface area contributed by atoms with Gasteiger partial charge < -0.3 is 4.52 Å². The monoisotopic (exact) mass is 407 g/mol. The highest BCUT2D eigenvalue weighted by molar-refractivity contribution is 5.77. The minimum absolute atomic E-state index is 0.0947. The van der Waals surface area contributed by atoms with E-state index in [1.165, 1.54) is 12.8 Å². The van der Waals surface area contributed by atoms with E-state index in [1.807, 2.05) is 28.8 Å². The summed E-state index contributed by atoms with van der Waals surface area (Å²) in [5, 5.41) is 4.83. The number of aromatic nitrogens is 4. The maximum absolute atomic E-state index is 13.5. The zero-order valence-corrected chi connectivity index (χ0v) is 17.8. The molecular weight excluding hydrogens is 378 g/mol. The van der Waals surface area contributed by atoms with Crippen molar-refractivity contribution < 1.29 is 4.52 Å². The molecule has 0 amide bonds. The second kappa shape index (κ2) is 7.95. The largest absolute Gasteiger partial charge is 0.338 e. The van der Waals surface area contributed by atoms with Crippen LogP contribution in [-0.4, -0.2) is 31.1 Å². The molecule has 2 aliphatic rings. The van der Waals surface area contributed by atoms with Crippen LogP contribution in [-0.2, 0) is 6.54 Å². The van der Waals surface area contributed by atoms with Crippen LogP contribution < -0.4 is 5.56 Å². The molecule has 0 radical (unpaired) electrons. The maximum Gasteiger partial charge on any atom is 0.261 e. The smallest absolute Gasteiger partial charge is 0.261 e. The molecule has 0 spiro atoms. The average molecular weight is 408 g/mol. The Kier molecular flexibility index (Phi) is 5.15. The second-order valence-corrected chi connectivity index (χ2v) is 8.93. The molecule has 1 aliphatic heterocycles. The minimum Gasteiger partial charge on any atom is -0.338 e. The molecule has 1 atom stereocenters. The van der Waals surface area contributed by atoms with Crippen LogP contribution in [0.3, 0.4) is 0 Å². The fourth-order valence-electron chi connectivity index (χ4n) is 4.96. The van der Waals surface area contributed by atoms with Crippen molar-refractivity contribution in [2.75, 3.05) is 6.54 Å². The van der Waals surface area contributed by atoms with Crippen molar-refractivity contribution in [1.82, 2.24) is 24.6 Å². The van der Waals surface area contributed by atoms with Crippen molar-refractivity contribution in [1.29, 1.82) is 0 Å². The van der Waals surface area contributed by atoms with E-state index in [0.717, 1.165) is 54.8 Å². The van der Waals surface area contributed by atoms with Gasteiger partial charge in [-0.1, -0.05) is 44.0 Å². The highest BCUT2D eigenvalue weighted by Crippen LogP contribution is 2.36. The summed E-state index contributed by atoms with van der Waals surface area (Å²) in [5.41, 5.74) is 0.896. The van der Waals surface area contributed by atoms with E-state index in [-0.39, 0.29) is 23.6 Å². The molecule has 5 rings (SSSR count). The Morgan fingerprint density at radius 3 is 2.67 bits per heavy atom. The molecule has 1 aromatic carbocycles. The Bertz CT molecular complexity index is 1100. The Labute approximate surface area is 176 Å². The van der Waals surface area contributed by atoms with Crippen LogP contribution in [0.1, 0.15) is 87.9 Å². The van der Waals surface area contributed by atoms with Gasteiger partial charge in [-0.3, -0.25) is 14.3 Å². The Hall–Kier alpha value is -2.54. The standard InChI is InChI=1S/C23H29N5O2/c1-15(2)21-25-20(30-26-21)14-27-13-7-12-19(27)22-24-18-11-6-5-10-17(18)23(29)28(22)16-8-3-4-9-16/h5-6,10-11,15-16,19H,3-4,7-9,12-14H2,1-2H3. The lowest BCUT2D eigenvalue weighted by molar-refractivity contribution is 0.199. The summed E-state index contributed by atoms with van der Waals surface area (Å²) in [6.45, 7) is 5.66. The molecule has 1 saturated carbocycles. The van der Waals surface area contributed by atoms with Crippen molar-refractivity contribution in [3.63, 3.8) is 0 Å². The summed E-state index contributed by atoms with van der Waals surface area (Å²) in [5.74, 6) is 2.53. The number of para-hydroxylation sites is 1. The van der Waals surface area contributed by atoms with Crippen LogP contribution in [0.4, 0.5) is 0 Å². The Morgan fingerprint density at radius 2 is 1.90 bits per heavy atom. The van der Waals surface area contributed by atoms with E-state index in [0.29, 0.717) is 12.4 Å². The van der Waals surface area contributed by atoms with Crippen molar-refractivity contribution >= 4 is 10.9 Å². The van der Waals surface area contributed by atoms with Gasteiger partial charge in [-0.05, 0) is 44.4 Å². The molecule has 2 aromatic heterocycles. The second-order valence-electron chi connectivity index (χ2n) is 8.93. The quantitative estimate of drug-likeness (QED) is 0.626. The molecule has 3 heterocycles. The third-order valence-corrected chi connectivity index (χ3v) is 6.53.